The Balaban J connectivity index is 3.93. The van der Waals surface area contributed by atoms with Crippen molar-refractivity contribution < 1.29 is 19.4 Å². The number of carbonyl (C=O) groups excluding carboxylic acids is 2. The topological polar surface area (TPSA) is 78.9 Å². The number of aliphatic hydroxyl groups is 1. The van der Waals surface area contributed by atoms with E-state index >= 15 is 0 Å². The third kappa shape index (κ3) is 7.05. The minimum atomic E-state index is -0.962. The molecular weight excluding hydrogens is 212 g/mol. The second kappa shape index (κ2) is 6.32. The van der Waals surface area contributed by atoms with Gasteiger partial charge in [-0.25, -0.2) is 4.79 Å². The fraction of sp³-hybridized carbons (Fsp3) is 0.800. The molecule has 0 atom stereocenters. The van der Waals surface area contributed by atoms with Crippen LogP contribution in [-0.2, 0) is 9.53 Å². The lowest BCUT2D eigenvalue weighted by atomic mass is 10.1. The largest absolute Gasteiger partial charge is 0.465 e. The Hall–Kier alpha value is -1.30. The Morgan fingerprint density at radius 2 is 2.00 bits per heavy atom. The fourth-order valence-corrected chi connectivity index (χ4v) is 1.15. The number of esters is 1. The molecule has 0 aromatic rings. The summed E-state index contributed by atoms with van der Waals surface area (Å²) in [5, 5.41) is 11.9. The van der Waals surface area contributed by atoms with Gasteiger partial charge in [-0.1, -0.05) is 0 Å². The van der Waals surface area contributed by atoms with Crippen molar-refractivity contribution in [1.82, 2.24) is 10.2 Å². The lowest BCUT2D eigenvalue weighted by molar-refractivity contribution is -0.141. The van der Waals surface area contributed by atoms with Crippen molar-refractivity contribution in [3.63, 3.8) is 0 Å². The van der Waals surface area contributed by atoms with Crippen LogP contribution < -0.4 is 5.32 Å². The molecule has 0 rings (SSSR count). The van der Waals surface area contributed by atoms with Crippen LogP contribution in [0.25, 0.3) is 0 Å². The maximum absolute atomic E-state index is 11.4. The van der Waals surface area contributed by atoms with Crippen molar-refractivity contribution >= 4 is 12.0 Å². The summed E-state index contributed by atoms with van der Waals surface area (Å²) < 4.78 is 4.65. The first-order valence-electron chi connectivity index (χ1n) is 5.13. The van der Waals surface area contributed by atoms with E-state index in [1.807, 2.05) is 0 Å². The molecule has 0 unspecified atom stereocenters. The number of hydrogen-bond donors (Lipinski definition) is 2. The van der Waals surface area contributed by atoms with Gasteiger partial charge in [0, 0.05) is 7.05 Å². The van der Waals surface area contributed by atoms with Crippen LogP contribution in [0, 0.1) is 0 Å². The average Bonchev–Trinajstić information content (AvgIpc) is 2.11. The zero-order valence-corrected chi connectivity index (χ0v) is 10.2. The molecule has 0 saturated heterocycles. The summed E-state index contributed by atoms with van der Waals surface area (Å²) in [6, 6.07) is -0.421. The summed E-state index contributed by atoms with van der Waals surface area (Å²) in [5.74, 6) is -0.479. The summed E-state index contributed by atoms with van der Waals surface area (Å²) in [4.78, 5) is 23.7. The number of likely N-dealkylation sites (N-methyl/N-ethyl adjacent to an activating group) is 1. The van der Waals surface area contributed by atoms with Crippen molar-refractivity contribution in [3.05, 3.63) is 0 Å². The van der Waals surface area contributed by atoms with Crippen LogP contribution >= 0.6 is 0 Å². The Morgan fingerprint density at radius 1 is 1.44 bits per heavy atom. The second-order valence-electron chi connectivity index (χ2n) is 4.13. The van der Waals surface area contributed by atoms with E-state index in [0.717, 1.165) is 0 Å². The zero-order chi connectivity index (χ0) is 12.8. The Labute approximate surface area is 95.6 Å². The molecule has 0 heterocycles. The van der Waals surface area contributed by atoms with Gasteiger partial charge in [0.15, 0.2) is 0 Å². The molecule has 0 aromatic heterocycles. The van der Waals surface area contributed by atoms with Crippen LogP contribution in [0.5, 0.6) is 0 Å². The van der Waals surface area contributed by atoms with Crippen molar-refractivity contribution in [2.45, 2.75) is 26.4 Å². The highest BCUT2D eigenvalue weighted by Gasteiger charge is 2.19. The molecule has 0 aliphatic heterocycles. The van der Waals surface area contributed by atoms with E-state index in [9.17, 15) is 14.7 Å². The van der Waals surface area contributed by atoms with Gasteiger partial charge in [-0.05, 0) is 20.8 Å². The summed E-state index contributed by atoms with van der Waals surface area (Å²) in [6.45, 7) is 5.20. The summed E-state index contributed by atoms with van der Waals surface area (Å²) in [7, 11) is 1.54. The molecule has 0 saturated carbocycles. The molecular formula is C10H20N2O4. The summed E-state index contributed by atoms with van der Waals surface area (Å²) in [6.07, 6.45) is 0. The number of nitrogens with one attached hydrogen (secondary N) is 1. The average molecular weight is 232 g/mol. The Kier molecular flexibility index (Phi) is 5.81. The monoisotopic (exact) mass is 232 g/mol. The number of urea groups is 1. The van der Waals surface area contributed by atoms with Gasteiger partial charge >= 0.3 is 12.0 Å². The summed E-state index contributed by atoms with van der Waals surface area (Å²) >= 11 is 0. The van der Waals surface area contributed by atoms with Crippen molar-refractivity contribution in [2.75, 3.05) is 26.7 Å². The first-order valence-corrected chi connectivity index (χ1v) is 5.13. The molecule has 6 nitrogen and oxygen atoms in total. The van der Waals surface area contributed by atoms with E-state index in [0.29, 0.717) is 0 Å². The molecule has 2 amide bonds. The SMILES string of the molecule is CCOC(=O)CNC(=O)N(C)CC(C)(C)O. The van der Waals surface area contributed by atoms with Gasteiger partial charge in [-0.2, -0.15) is 0 Å². The zero-order valence-electron chi connectivity index (χ0n) is 10.2. The van der Waals surface area contributed by atoms with Crippen molar-refractivity contribution in [1.29, 1.82) is 0 Å². The number of hydrogen-bond acceptors (Lipinski definition) is 4. The Bertz CT molecular complexity index is 248. The van der Waals surface area contributed by atoms with Crippen LogP contribution in [-0.4, -0.2) is 54.4 Å². The lowest BCUT2D eigenvalue weighted by Gasteiger charge is -2.25. The third-order valence-corrected chi connectivity index (χ3v) is 1.66. The maximum Gasteiger partial charge on any atom is 0.325 e. The number of carbonyl (C=O) groups is 2. The molecule has 0 aliphatic carbocycles. The Morgan fingerprint density at radius 3 is 2.44 bits per heavy atom. The van der Waals surface area contributed by atoms with Crippen LogP contribution in [0.3, 0.4) is 0 Å². The van der Waals surface area contributed by atoms with Gasteiger partial charge in [0.05, 0.1) is 18.8 Å². The molecule has 0 fully saturated rings. The van der Waals surface area contributed by atoms with Crippen molar-refractivity contribution in [3.8, 4) is 0 Å². The van der Waals surface area contributed by atoms with Gasteiger partial charge < -0.3 is 20.1 Å². The molecule has 0 spiro atoms. The third-order valence-electron chi connectivity index (χ3n) is 1.66. The normalized spacial score (nSPS) is 10.8. The number of rotatable bonds is 5. The molecule has 16 heavy (non-hydrogen) atoms. The van der Waals surface area contributed by atoms with E-state index < -0.39 is 17.6 Å². The first kappa shape index (κ1) is 14.7. The van der Waals surface area contributed by atoms with Gasteiger partial charge in [0.2, 0.25) is 0 Å². The quantitative estimate of drug-likeness (QED) is 0.652. The van der Waals surface area contributed by atoms with E-state index in [2.05, 4.69) is 10.1 Å². The first-order chi connectivity index (χ1) is 7.26. The highest BCUT2D eigenvalue weighted by molar-refractivity contribution is 5.80. The standard InChI is InChI=1S/C10H20N2O4/c1-5-16-8(13)6-11-9(14)12(4)7-10(2,3)15/h15H,5-7H2,1-4H3,(H,11,14). The minimum Gasteiger partial charge on any atom is -0.465 e. The molecule has 6 heteroatoms. The van der Waals surface area contributed by atoms with E-state index in [4.69, 9.17) is 0 Å². The molecule has 0 aromatic carbocycles. The fourth-order valence-electron chi connectivity index (χ4n) is 1.15. The highest BCUT2D eigenvalue weighted by atomic mass is 16.5. The molecule has 0 radical (unpaired) electrons. The van der Waals surface area contributed by atoms with E-state index in [-0.39, 0.29) is 19.7 Å². The predicted molar refractivity (Wildman–Crippen MR) is 59.0 cm³/mol. The lowest BCUT2D eigenvalue weighted by Crippen LogP contribution is -2.46. The molecule has 94 valence electrons. The molecule has 0 aliphatic rings. The molecule has 0 bridgehead atoms. The van der Waals surface area contributed by atoms with E-state index in [1.165, 1.54) is 4.90 Å². The van der Waals surface area contributed by atoms with Gasteiger partial charge in [-0.15, -0.1) is 0 Å². The van der Waals surface area contributed by atoms with Gasteiger partial charge in [-0.3, -0.25) is 4.79 Å². The summed E-state index contributed by atoms with van der Waals surface area (Å²) in [5.41, 5.74) is -0.962. The second-order valence-corrected chi connectivity index (χ2v) is 4.13. The number of amides is 2. The smallest absolute Gasteiger partial charge is 0.325 e. The predicted octanol–water partition coefficient (Wildman–Crippen LogP) is -0.0382. The minimum absolute atomic E-state index is 0.164. The number of nitrogens with zero attached hydrogens (tertiary/aromatic N) is 1. The van der Waals surface area contributed by atoms with Crippen LogP contribution in [0.15, 0.2) is 0 Å². The van der Waals surface area contributed by atoms with Crippen LogP contribution in [0.4, 0.5) is 4.79 Å². The van der Waals surface area contributed by atoms with E-state index in [1.54, 1.807) is 27.8 Å². The van der Waals surface area contributed by atoms with Crippen molar-refractivity contribution in [2.24, 2.45) is 0 Å². The van der Waals surface area contributed by atoms with Gasteiger partial charge in [0.25, 0.3) is 0 Å². The van der Waals surface area contributed by atoms with Gasteiger partial charge in [0.1, 0.15) is 6.54 Å². The molecule has 2 N–H and O–H groups in total. The highest BCUT2D eigenvalue weighted by Crippen LogP contribution is 2.02. The van der Waals surface area contributed by atoms with Crippen LogP contribution in [0.2, 0.25) is 0 Å². The van der Waals surface area contributed by atoms with Crippen LogP contribution in [0.1, 0.15) is 20.8 Å². The number of ether oxygens (including phenoxy) is 1. The maximum atomic E-state index is 11.4.